The van der Waals surface area contributed by atoms with Gasteiger partial charge in [-0.15, -0.1) is 0 Å². The standard InChI is InChI=1S/C23H22N2O6/c1-17(31-22-14-8-6-12-20(22)25(27)28)23(26)24-19-11-5-7-13-21(19)30-16-15-29-18-9-3-2-4-10-18/h2-14,17H,15-16H2,1H3,(H,24,26). The van der Waals surface area contributed by atoms with Crippen LogP contribution in [0, 0.1) is 10.1 Å². The van der Waals surface area contributed by atoms with Crippen molar-refractivity contribution in [1.82, 2.24) is 0 Å². The Morgan fingerprint density at radius 1 is 0.903 bits per heavy atom. The van der Waals surface area contributed by atoms with Crippen molar-refractivity contribution in [2.75, 3.05) is 18.5 Å². The number of anilines is 1. The molecule has 8 nitrogen and oxygen atoms in total. The van der Waals surface area contributed by atoms with Crippen molar-refractivity contribution in [3.05, 3.63) is 89.0 Å². The second-order valence-corrected chi connectivity index (χ2v) is 6.48. The van der Waals surface area contributed by atoms with Gasteiger partial charge in [0.05, 0.1) is 10.6 Å². The maximum absolute atomic E-state index is 12.6. The highest BCUT2D eigenvalue weighted by Crippen LogP contribution is 2.28. The Morgan fingerprint density at radius 2 is 1.52 bits per heavy atom. The van der Waals surface area contributed by atoms with Gasteiger partial charge in [-0.2, -0.15) is 0 Å². The van der Waals surface area contributed by atoms with Gasteiger partial charge in [0.15, 0.2) is 11.9 Å². The first-order valence-electron chi connectivity index (χ1n) is 9.65. The third-order valence-electron chi connectivity index (χ3n) is 4.23. The van der Waals surface area contributed by atoms with E-state index in [9.17, 15) is 14.9 Å². The summed E-state index contributed by atoms with van der Waals surface area (Å²) in [5.41, 5.74) is 0.259. The molecule has 8 heteroatoms. The van der Waals surface area contributed by atoms with Gasteiger partial charge >= 0.3 is 5.69 Å². The highest BCUT2D eigenvalue weighted by atomic mass is 16.6. The average molecular weight is 422 g/mol. The number of ether oxygens (including phenoxy) is 3. The van der Waals surface area contributed by atoms with E-state index in [1.165, 1.54) is 25.1 Å². The Morgan fingerprint density at radius 3 is 2.26 bits per heavy atom. The smallest absolute Gasteiger partial charge is 0.310 e. The molecule has 1 atom stereocenters. The SMILES string of the molecule is CC(Oc1ccccc1[N+](=O)[O-])C(=O)Nc1ccccc1OCCOc1ccccc1. The molecule has 0 heterocycles. The Kier molecular flexibility index (Phi) is 7.42. The zero-order valence-corrected chi connectivity index (χ0v) is 16.9. The van der Waals surface area contributed by atoms with Gasteiger partial charge in [-0.1, -0.05) is 42.5 Å². The summed E-state index contributed by atoms with van der Waals surface area (Å²) in [7, 11) is 0. The predicted molar refractivity (Wildman–Crippen MR) is 116 cm³/mol. The molecular weight excluding hydrogens is 400 g/mol. The zero-order chi connectivity index (χ0) is 22.1. The molecule has 0 aliphatic heterocycles. The normalized spacial score (nSPS) is 11.3. The minimum Gasteiger partial charge on any atom is -0.490 e. The summed E-state index contributed by atoms with van der Waals surface area (Å²) in [5, 5.41) is 13.9. The second-order valence-electron chi connectivity index (χ2n) is 6.48. The Hall–Kier alpha value is -4.07. The van der Waals surface area contributed by atoms with Crippen molar-refractivity contribution in [3.63, 3.8) is 0 Å². The van der Waals surface area contributed by atoms with E-state index in [2.05, 4.69) is 5.32 Å². The number of nitrogens with zero attached hydrogens (tertiary/aromatic N) is 1. The fourth-order valence-electron chi connectivity index (χ4n) is 2.71. The first kappa shape index (κ1) is 21.6. The zero-order valence-electron chi connectivity index (χ0n) is 16.9. The summed E-state index contributed by atoms with van der Waals surface area (Å²) >= 11 is 0. The number of benzene rings is 3. The van der Waals surface area contributed by atoms with Gasteiger partial charge in [-0.25, -0.2) is 0 Å². The fraction of sp³-hybridized carbons (Fsp3) is 0.174. The maximum atomic E-state index is 12.6. The topological polar surface area (TPSA) is 99.9 Å². The number of para-hydroxylation sites is 5. The molecule has 0 fully saturated rings. The largest absolute Gasteiger partial charge is 0.490 e. The number of hydrogen-bond acceptors (Lipinski definition) is 6. The molecule has 1 amide bonds. The van der Waals surface area contributed by atoms with Gasteiger partial charge in [0.1, 0.15) is 24.7 Å². The van der Waals surface area contributed by atoms with E-state index in [-0.39, 0.29) is 18.0 Å². The third-order valence-corrected chi connectivity index (χ3v) is 4.23. The molecule has 0 radical (unpaired) electrons. The molecule has 3 aromatic carbocycles. The number of rotatable bonds is 10. The Balaban J connectivity index is 1.57. The number of carbonyl (C=O) groups excluding carboxylic acids is 1. The molecule has 0 aliphatic rings. The van der Waals surface area contributed by atoms with E-state index in [0.717, 1.165) is 5.75 Å². The molecule has 0 saturated heterocycles. The quantitative estimate of drug-likeness (QED) is 0.294. The highest BCUT2D eigenvalue weighted by Gasteiger charge is 2.21. The number of nitro benzene ring substituents is 1. The van der Waals surface area contributed by atoms with Crippen molar-refractivity contribution < 1.29 is 23.9 Å². The van der Waals surface area contributed by atoms with Crippen molar-refractivity contribution in [3.8, 4) is 17.2 Å². The van der Waals surface area contributed by atoms with Crippen LogP contribution < -0.4 is 19.5 Å². The van der Waals surface area contributed by atoms with Gasteiger partial charge in [0.2, 0.25) is 0 Å². The summed E-state index contributed by atoms with van der Waals surface area (Å²) < 4.78 is 16.8. The van der Waals surface area contributed by atoms with Crippen LogP contribution >= 0.6 is 0 Å². The fourth-order valence-corrected chi connectivity index (χ4v) is 2.71. The molecule has 0 bridgehead atoms. The lowest BCUT2D eigenvalue weighted by atomic mass is 10.2. The van der Waals surface area contributed by atoms with Gasteiger partial charge < -0.3 is 19.5 Å². The van der Waals surface area contributed by atoms with Crippen LogP contribution in [0.2, 0.25) is 0 Å². The van der Waals surface area contributed by atoms with Gasteiger partial charge in [-0.05, 0) is 37.3 Å². The number of nitrogens with one attached hydrogen (secondary N) is 1. The lowest BCUT2D eigenvalue weighted by molar-refractivity contribution is -0.386. The molecule has 0 spiro atoms. The minimum atomic E-state index is -0.962. The molecule has 160 valence electrons. The summed E-state index contributed by atoms with van der Waals surface area (Å²) in [6, 6.07) is 22.3. The minimum absolute atomic E-state index is 0.0257. The van der Waals surface area contributed by atoms with Crippen LogP contribution in [-0.2, 0) is 4.79 Å². The first-order valence-corrected chi connectivity index (χ1v) is 9.65. The molecule has 0 saturated carbocycles. The van der Waals surface area contributed by atoms with Gasteiger partial charge in [0.25, 0.3) is 5.91 Å². The Bertz CT molecular complexity index is 1030. The molecule has 31 heavy (non-hydrogen) atoms. The Labute approximate surface area is 179 Å². The maximum Gasteiger partial charge on any atom is 0.310 e. The monoisotopic (exact) mass is 422 g/mol. The number of carbonyl (C=O) groups is 1. The summed E-state index contributed by atoms with van der Waals surface area (Å²) in [6.45, 7) is 2.14. The molecule has 3 aromatic rings. The van der Waals surface area contributed by atoms with Crippen LogP contribution in [0.4, 0.5) is 11.4 Å². The van der Waals surface area contributed by atoms with E-state index in [1.807, 2.05) is 30.3 Å². The van der Waals surface area contributed by atoms with E-state index in [1.54, 1.807) is 30.3 Å². The number of hydrogen-bond donors (Lipinski definition) is 1. The summed E-state index contributed by atoms with van der Waals surface area (Å²) in [5.74, 6) is 0.784. The van der Waals surface area contributed by atoms with Gasteiger partial charge in [0, 0.05) is 6.07 Å². The van der Waals surface area contributed by atoms with Crippen molar-refractivity contribution >= 4 is 17.3 Å². The van der Waals surface area contributed by atoms with Crippen LogP contribution in [0.5, 0.6) is 17.2 Å². The van der Waals surface area contributed by atoms with Crippen LogP contribution in [-0.4, -0.2) is 30.1 Å². The number of nitro groups is 1. The van der Waals surface area contributed by atoms with Crippen molar-refractivity contribution in [2.45, 2.75) is 13.0 Å². The molecule has 0 aromatic heterocycles. The first-order chi connectivity index (χ1) is 15.0. The lowest BCUT2D eigenvalue weighted by Crippen LogP contribution is -2.30. The second kappa shape index (κ2) is 10.6. The van der Waals surface area contributed by atoms with E-state index >= 15 is 0 Å². The molecule has 3 rings (SSSR count). The van der Waals surface area contributed by atoms with E-state index < -0.39 is 16.9 Å². The average Bonchev–Trinajstić information content (AvgIpc) is 2.78. The number of amides is 1. The van der Waals surface area contributed by atoms with Crippen LogP contribution in [0.15, 0.2) is 78.9 Å². The summed E-state index contributed by atoms with van der Waals surface area (Å²) in [4.78, 5) is 23.1. The van der Waals surface area contributed by atoms with E-state index in [4.69, 9.17) is 14.2 Å². The van der Waals surface area contributed by atoms with Crippen molar-refractivity contribution in [2.24, 2.45) is 0 Å². The van der Waals surface area contributed by atoms with E-state index in [0.29, 0.717) is 18.0 Å². The lowest BCUT2D eigenvalue weighted by Gasteiger charge is -2.17. The predicted octanol–water partition coefficient (Wildman–Crippen LogP) is 4.46. The molecule has 1 unspecified atom stereocenters. The third kappa shape index (κ3) is 6.20. The van der Waals surface area contributed by atoms with Crippen LogP contribution in [0.3, 0.4) is 0 Å². The summed E-state index contributed by atoms with van der Waals surface area (Å²) in [6.07, 6.45) is -0.962. The molecule has 0 aliphatic carbocycles. The van der Waals surface area contributed by atoms with Crippen molar-refractivity contribution in [1.29, 1.82) is 0 Å². The van der Waals surface area contributed by atoms with Crippen LogP contribution in [0.25, 0.3) is 0 Å². The molecule has 1 N–H and O–H groups in total. The molecular formula is C23H22N2O6. The van der Waals surface area contributed by atoms with Gasteiger partial charge in [-0.3, -0.25) is 14.9 Å². The van der Waals surface area contributed by atoms with Crippen LogP contribution in [0.1, 0.15) is 6.92 Å². The highest BCUT2D eigenvalue weighted by molar-refractivity contribution is 5.95.